The van der Waals surface area contributed by atoms with E-state index in [4.69, 9.17) is 5.26 Å². The number of hydrogen-bond acceptors (Lipinski definition) is 4. The average molecular weight is 251 g/mol. The summed E-state index contributed by atoms with van der Waals surface area (Å²) in [4.78, 5) is 24.6. The Morgan fingerprint density at radius 2 is 2.22 bits per heavy atom. The van der Waals surface area contributed by atoms with Crippen LogP contribution in [-0.2, 0) is 9.59 Å². The van der Waals surface area contributed by atoms with Crippen LogP contribution in [0.25, 0.3) is 0 Å². The van der Waals surface area contributed by atoms with Crippen LogP contribution >= 0.6 is 0 Å². The van der Waals surface area contributed by atoms with Gasteiger partial charge in [-0.2, -0.15) is 5.26 Å². The maximum atomic E-state index is 11.5. The first-order valence-corrected chi connectivity index (χ1v) is 6.24. The average Bonchev–Trinajstić information content (AvgIpc) is 2.85. The van der Waals surface area contributed by atoms with Crippen molar-refractivity contribution in [1.82, 2.24) is 10.2 Å². The Balaban J connectivity index is 1.97. The van der Waals surface area contributed by atoms with E-state index in [0.29, 0.717) is 12.5 Å². The number of amides is 1. The highest BCUT2D eigenvalue weighted by atomic mass is 16.4. The van der Waals surface area contributed by atoms with Crippen LogP contribution in [0.3, 0.4) is 0 Å². The second-order valence-corrected chi connectivity index (χ2v) is 5.00. The molecule has 0 aromatic carbocycles. The number of likely N-dealkylation sites (tertiary alicyclic amines) is 1. The number of carbonyl (C=O) groups is 2. The molecule has 1 saturated carbocycles. The van der Waals surface area contributed by atoms with Gasteiger partial charge in [-0.05, 0) is 24.7 Å². The molecule has 0 aromatic heterocycles. The minimum absolute atomic E-state index is 0.0305. The molecule has 18 heavy (non-hydrogen) atoms. The molecule has 2 rings (SSSR count). The molecule has 6 heteroatoms. The van der Waals surface area contributed by atoms with E-state index in [1.165, 1.54) is 0 Å². The quantitative estimate of drug-likeness (QED) is 0.675. The summed E-state index contributed by atoms with van der Waals surface area (Å²) in [6.45, 7) is 0.727. The molecular weight excluding hydrogens is 234 g/mol. The van der Waals surface area contributed by atoms with Crippen molar-refractivity contribution in [2.75, 3.05) is 19.6 Å². The van der Waals surface area contributed by atoms with Crippen LogP contribution in [0.4, 0.5) is 0 Å². The van der Waals surface area contributed by atoms with E-state index in [0.717, 1.165) is 19.3 Å². The van der Waals surface area contributed by atoms with Crippen LogP contribution in [0.15, 0.2) is 0 Å². The first-order valence-electron chi connectivity index (χ1n) is 6.24. The molecule has 1 heterocycles. The van der Waals surface area contributed by atoms with Crippen molar-refractivity contribution >= 4 is 11.9 Å². The summed E-state index contributed by atoms with van der Waals surface area (Å²) in [5.74, 6) is -0.513. The summed E-state index contributed by atoms with van der Waals surface area (Å²) in [5.41, 5.74) is 0. The monoisotopic (exact) mass is 251 g/mol. The molecule has 1 aliphatic heterocycles. The number of nitrogens with one attached hydrogen (secondary N) is 1. The lowest BCUT2D eigenvalue weighted by Gasteiger charge is -2.23. The Morgan fingerprint density at radius 3 is 2.89 bits per heavy atom. The summed E-state index contributed by atoms with van der Waals surface area (Å²) < 4.78 is 0. The van der Waals surface area contributed by atoms with Gasteiger partial charge in [0, 0.05) is 6.54 Å². The molecular formula is C12H17N3O3. The zero-order chi connectivity index (χ0) is 13.1. The van der Waals surface area contributed by atoms with Gasteiger partial charge in [0.05, 0.1) is 12.6 Å². The third-order valence-corrected chi connectivity index (χ3v) is 3.95. The topological polar surface area (TPSA) is 93.4 Å². The lowest BCUT2D eigenvalue weighted by Crippen LogP contribution is -2.45. The van der Waals surface area contributed by atoms with Crippen LogP contribution in [-0.4, -0.2) is 47.6 Å². The fourth-order valence-corrected chi connectivity index (χ4v) is 3.27. The molecule has 6 nitrogen and oxygen atoms in total. The zero-order valence-corrected chi connectivity index (χ0v) is 10.1. The van der Waals surface area contributed by atoms with Gasteiger partial charge in [-0.15, -0.1) is 0 Å². The number of aliphatic carboxylic acids is 1. The van der Waals surface area contributed by atoms with Gasteiger partial charge in [-0.3, -0.25) is 14.5 Å². The molecule has 1 aliphatic carbocycles. The second kappa shape index (κ2) is 5.36. The first-order chi connectivity index (χ1) is 8.63. The normalized spacial score (nSPS) is 30.7. The first kappa shape index (κ1) is 12.8. The number of nitrogens with zero attached hydrogens (tertiary/aromatic N) is 2. The Hall–Kier alpha value is -1.61. The Bertz CT molecular complexity index is 391. The number of carboxylic acids is 1. The maximum Gasteiger partial charge on any atom is 0.321 e. The van der Waals surface area contributed by atoms with Crippen LogP contribution < -0.4 is 5.32 Å². The number of carboxylic acid groups (broad SMARTS) is 1. The minimum Gasteiger partial charge on any atom is -0.480 e. The van der Waals surface area contributed by atoms with Gasteiger partial charge < -0.3 is 10.4 Å². The molecule has 2 N–H and O–H groups in total. The van der Waals surface area contributed by atoms with Gasteiger partial charge in [-0.1, -0.05) is 6.42 Å². The predicted molar refractivity (Wildman–Crippen MR) is 62.5 cm³/mol. The van der Waals surface area contributed by atoms with E-state index >= 15 is 0 Å². The van der Waals surface area contributed by atoms with Crippen molar-refractivity contribution < 1.29 is 14.7 Å². The molecule has 3 atom stereocenters. The van der Waals surface area contributed by atoms with Gasteiger partial charge in [0.25, 0.3) is 0 Å². The lowest BCUT2D eigenvalue weighted by molar-refractivity contribution is -0.144. The summed E-state index contributed by atoms with van der Waals surface area (Å²) in [6, 6.07) is 1.29. The molecule has 0 spiro atoms. The van der Waals surface area contributed by atoms with Crippen molar-refractivity contribution in [3.63, 3.8) is 0 Å². The molecule has 3 unspecified atom stereocenters. The van der Waals surface area contributed by atoms with Crippen molar-refractivity contribution in [1.29, 1.82) is 5.26 Å². The van der Waals surface area contributed by atoms with Gasteiger partial charge in [0.15, 0.2) is 0 Å². The molecule has 2 aliphatic rings. The van der Waals surface area contributed by atoms with Gasteiger partial charge in [-0.25, -0.2) is 0 Å². The Morgan fingerprint density at radius 1 is 1.44 bits per heavy atom. The molecule has 0 aromatic rings. The molecule has 0 bridgehead atoms. The zero-order valence-electron chi connectivity index (χ0n) is 10.1. The molecule has 1 saturated heterocycles. The number of fused-ring (bicyclic) bond motifs is 1. The summed E-state index contributed by atoms with van der Waals surface area (Å²) in [5, 5.41) is 20.1. The number of nitriles is 1. The number of rotatable bonds is 4. The van der Waals surface area contributed by atoms with E-state index in [1.54, 1.807) is 4.90 Å². The largest absolute Gasteiger partial charge is 0.480 e. The highest BCUT2D eigenvalue weighted by molar-refractivity contribution is 5.80. The SMILES string of the molecule is N#CCNC(=O)CN1CC2CCCC2C1C(=O)O. The van der Waals surface area contributed by atoms with Crippen molar-refractivity contribution in [2.45, 2.75) is 25.3 Å². The van der Waals surface area contributed by atoms with Gasteiger partial charge in [0.2, 0.25) is 5.91 Å². The standard InChI is InChI=1S/C12H17N3O3/c13-4-5-14-10(16)7-15-6-8-2-1-3-9(8)11(15)12(17)18/h8-9,11H,1-3,5-7H2,(H,14,16)(H,17,18). The molecule has 98 valence electrons. The Labute approximate surface area is 106 Å². The van der Waals surface area contributed by atoms with E-state index < -0.39 is 12.0 Å². The maximum absolute atomic E-state index is 11.5. The fraction of sp³-hybridized carbons (Fsp3) is 0.750. The summed E-state index contributed by atoms with van der Waals surface area (Å²) >= 11 is 0. The minimum atomic E-state index is -0.836. The van der Waals surface area contributed by atoms with Crippen LogP contribution in [0, 0.1) is 23.2 Å². The summed E-state index contributed by atoms with van der Waals surface area (Å²) in [7, 11) is 0. The highest BCUT2D eigenvalue weighted by Gasteiger charge is 2.47. The van der Waals surface area contributed by atoms with E-state index in [9.17, 15) is 14.7 Å². The second-order valence-electron chi connectivity index (χ2n) is 5.00. The van der Waals surface area contributed by atoms with Gasteiger partial charge >= 0.3 is 5.97 Å². The van der Waals surface area contributed by atoms with E-state index in [-0.39, 0.29) is 24.9 Å². The van der Waals surface area contributed by atoms with Crippen molar-refractivity contribution in [3.8, 4) is 6.07 Å². The van der Waals surface area contributed by atoms with Crippen molar-refractivity contribution in [2.24, 2.45) is 11.8 Å². The summed E-state index contributed by atoms with van der Waals surface area (Å²) in [6.07, 6.45) is 3.09. The van der Waals surface area contributed by atoms with E-state index in [2.05, 4.69) is 5.32 Å². The van der Waals surface area contributed by atoms with Crippen LogP contribution in [0.5, 0.6) is 0 Å². The fourth-order valence-electron chi connectivity index (χ4n) is 3.27. The Kier molecular flexibility index (Phi) is 3.82. The highest BCUT2D eigenvalue weighted by Crippen LogP contribution is 2.41. The van der Waals surface area contributed by atoms with Gasteiger partial charge in [0.1, 0.15) is 12.6 Å². The van der Waals surface area contributed by atoms with Crippen LogP contribution in [0.2, 0.25) is 0 Å². The molecule has 0 radical (unpaired) electrons. The molecule has 2 fully saturated rings. The predicted octanol–water partition coefficient (Wildman–Crippen LogP) is -0.189. The van der Waals surface area contributed by atoms with Crippen LogP contribution in [0.1, 0.15) is 19.3 Å². The number of carbonyl (C=O) groups excluding carboxylic acids is 1. The molecule has 1 amide bonds. The lowest BCUT2D eigenvalue weighted by atomic mass is 9.94. The van der Waals surface area contributed by atoms with Crippen molar-refractivity contribution in [3.05, 3.63) is 0 Å². The van der Waals surface area contributed by atoms with E-state index in [1.807, 2.05) is 6.07 Å². The third kappa shape index (κ3) is 2.46. The number of hydrogen-bond donors (Lipinski definition) is 2. The third-order valence-electron chi connectivity index (χ3n) is 3.95. The smallest absolute Gasteiger partial charge is 0.321 e.